The van der Waals surface area contributed by atoms with E-state index in [1.165, 1.54) is 11.8 Å². The van der Waals surface area contributed by atoms with Crippen LogP contribution in [0, 0.1) is 13.8 Å². The number of carbonyl (C=O) groups is 1. The number of nitrogens with two attached hydrogens (primary N) is 1. The molecule has 0 saturated heterocycles. The predicted molar refractivity (Wildman–Crippen MR) is 86.3 cm³/mol. The highest BCUT2D eigenvalue weighted by Crippen LogP contribution is 2.22. The molecule has 3 N–H and O–H groups in total. The molecular weight excluding hydrogens is 284 g/mol. The molecule has 0 aliphatic rings. The van der Waals surface area contributed by atoms with E-state index in [-0.39, 0.29) is 11.2 Å². The average Bonchev–Trinajstić information content (AvgIpc) is 2.37. The van der Waals surface area contributed by atoms with Gasteiger partial charge in [0, 0.05) is 22.8 Å². The van der Waals surface area contributed by atoms with Crippen LogP contribution in [0.1, 0.15) is 18.3 Å². The van der Waals surface area contributed by atoms with Gasteiger partial charge in [0.15, 0.2) is 5.16 Å². The minimum Gasteiger partial charge on any atom is -0.399 e. The van der Waals surface area contributed by atoms with Crippen molar-refractivity contribution >= 4 is 29.0 Å². The SMILES string of the molecule is Cc1cc(C)nc(SC(C)C(=O)Nc2cccc(N)c2)n1. The number of thioether (sulfide) groups is 1. The van der Waals surface area contributed by atoms with Gasteiger partial charge in [0.25, 0.3) is 0 Å². The lowest BCUT2D eigenvalue weighted by molar-refractivity contribution is -0.115. The highest BCUT2D eigenvalue weighted by Gasteiger charge is 2.16. The minimum absolute atomic E-state index is 0.103. The first-order valence-electron chi connectivity index (χ1n) is 6.59. The Bertz CT molecular complexity index is 640. The second-order valence-electron chi connectivity index (χ2n) is 4.81. The van der Waals surface area contributed by atoms with Gasteiger partial charge in [0.2, 0.25) is 5.91 Å². The number of aryl methyl sites for hydroxylation is 2. The summed E-state index contributed by atoms with van der Waals surface area (Å²) in [5.74, 6) is -0.103. The molecule has 1 amide bonds. The Labute approximate surface area is 128 Å². The van der Waals surface area contributed by atoms with Gasteiger partial charge in [0.1, 0.15) is 0 Å². The summed E-state index contributed by atoms with van der Waals surface area (Å²) in [7, 11) is 0. The first-order chi connectivity index (χ1) is 9.94. The van der Waals surface area contributed by atoms with Gasteiger partial charge in [-0.15, -0.1) is 0 Å². The minimum atomic E-state index is -0.298. The van der Waals surface area contributed by atoms with E-state index in [4.69, 9.17) is 5.73 Å². The van der Waals surface area contributed by atoms with Crippen LogP contribution in [0.25, 0.3) is 0 Å². The number of hydrogen-bond acceptors (Lipinski definition) is 5. The number of amides is 1. The van der Waals surface area contributed by atoms with Crippen molar-refractivity contribution < 1.29 is 4.79 Å². The zero-order valence-corrected chi connectivity index (χ0v) is 13.1. The van der Waals surface area contributed by atoms with Gasteiger partial charge < -0.3 is 11.1 Å². The standard InChI is InChI=1S/C15H18N4OS/c1-9-7-10(2)18-15(17-9)21-11(3)14(20)19-13-6-4-5-12(16)8-13/h4-8,11H,16H2,1-3H3,(H,19,20). The molecule has 5 nitrogen and oxygen atoms in total. The third kappa shape index (κ3) is 4.46. The third-order valence-corrected chi connectivity index (χ3v) is 3.73. The molecule has 1 atom stereocenters. The summed E-state index contributed by atoms with van der Waals surface area (Å²) in [6.45, 7) is 5.65. The van der Waals surface area contributed by atoms with E-state index in [0.717, 1.165) is 11.4 Å². The van der Waals surface area contributed by atoms with E-state index in [1.807, 2.05) is 26.8 Å². The highest BCUT2D eigenvalue weighted by molar-refractivity contribution is 8.00. The monoisotopic (exact) mass is 302 g/mol. The third-order valence-electron chi connectivity index (χ3n) is 2.77. The molecule has 0 radical (unpaired) electrons. The summed E-state index contributed by atoms with van der Waals surface area (Å²) in [5, 5.41) is 3.15. The van der Waals surface area contributed by atoms with E-state index in [0.29, 0.717) is 16.5 Å². The molecule has 0 fully saturated rings. The lowest BCUT2D eigenvalue weighted by Crippen LogP contribution is -2.22. The molecule has 1 heterocycles. The zero-order chi connectivity index (χ0) is 15.4. The van der Waals surface area contributed by atoms with Gasteiger partial charge in [0.05, 0.1) is 5.25 Å². The lowest BCUT2D eigenvalue weighted by Gasteiger charge is -2.12. The van der Waals surface area contributed by atoms with Crippen molar-refractivity contribution in [3.63, 3.8) is 0 Å². The van der Waals surface area contributed by atoms with Gasteiger partial charge in [-0.2, -0.15) is 0 Å². The fourth-order valence-electron chi connectivity index (χ4n) is 1.82. The first-order valence-corrected chi connectivity index (χ1v) is 7.47. The van der Waals surface area contributed by atoms with Crippen LogP contribution in [0.15, 0.2) is 35.5 Å². The number of nitrogens with zero attached hydrogens (tertiary/aromatic N) is 2. The summed E-state index contributed by atoms with van der Waals surface area (Å²) in [5.41, 5.74) is 8.79. The zero-order valence-electron chi connectivity index (χ0n) is 12.3. The lowest BCUT2D eigenvalue weighted by atomic mass is 10.3. The van der Waals surface area contributed by atoms with Crippen molar-refractivity contribution in [1.82, 2.24) is 9.97 Å². The molecule has 2 rings (SSSR count). The predicted octanol–water partition coefficient (Wildman–Crippen LogP) is 2.79. The van der Waals surface area contributed by atoms with Crippen molar-refractivity contribution in [1.29, 1.82) is 0 Å². The fraction of sp³-hybridized carbons (Fsp3) is 0.267. The smallest absolute Gasteiger partial charge is 0.237 e. The summed E-state index contributed by atoms with van der Waals surface area (Å²) in [6, 6.07) is 9.01. The first kappa shape index (κ1) is 15.3. The van der Waals surface area contributed by atoms with Crippen LogP contribution in [-0.2, 0) is 4.79 Å². The van der Waals surface area contributed by atoms with Crippen molar-refractivity contribution in [2.24, 2.45) is 0 Å². The number of nitrogen functional groups attached to an aromatic ring is 1. The topological polar surface area (TPSA) is 80.9 Å². The Morgan fingerprint density at radius 1 is 1.24 bits per heavy atom. The van der Waals surface area contributed by atoms with E-state index in [1.54, 1.807) is 24.3 Å². The van der Waals surface area contributed by atoms with Gasteiger partial charge in [-0.3, -0.25) is 4.79 Å². The van der Waals surface area contributed by atoms with Crippen LogP contribution < -0.4 is 11.1 Å². The molecule has 2 aromatic rings. The second kappa shape index (κ2) is 6.58. The van der Waals surface area contributed by atoms with Crippen molar-refractivity contribution in [2.45, 2.75) is 31.2 Å². The Hall–Kier alpha value is -2.08. The molecule has 0 bridgehead atoms. The number of nitrogens with one attached hydrogen (secondary N) is 1. The van der Waals surface area contributed by atoms with Gasteiger partial charge >= 0.3 is 0 Å². The quantitative estimate of drug-likeness (QED) is 0.515. The van der Waals surface area contributed by atoms with Crippen molar-refractivity contribution in [3.05, 3.63) is 41.7 Å². The largest absolute Gasteiger partial charge is 0.399 e. The Morgan fingerprint density at radius 2 is 1.90 bits per heavy atom. The molecule has 0 spiro atoms. The molecule has 1 aromatic carbocycles. The van der Waals surface area contributed by atoms with Gasteiger partial charge in [-0.25, -0.2) is 9.97 Å². The average molecular weight is 302 g/mol. The van der Waals surface area contributed by atoms with Crippen LogP contribution in [0.4, 0.5) is 11.4 Å². The Kier molecular flexibility index (Phi) is 4.80. The molecule has 1 aromatic heterocycles. The maximum Gasteiger partial charge on any atom is 0.237 e. The number of carbonyl (C=O) groups excluding carboxylic acids is 1. The van der Waals surface area contributed by atoms with Crippen LogP contribution >= 0.6 is 11.8 Å². The summed E-state index contributed by atoms with van der Waals surface area (Å²) in [6.07, 6.45) is 0. The molecule has 0 aliphatic carbocycles. The van der Waals surface area contributed by atoms with Crippen molar-refractivity contribution in [3.8, 4) is 0 Å². The van der Waals surface area contributed by atoms with E-state index >= 15 is 0 Å². The number of hydrogen-bond donors (Lipinski definition) is 2. The molecule has 6 heteroatoms. The van der Waals surface area contributed by atoms with Crippen LogP contribution in [0.3, 0.4) is 0 Å². The highest BCUT2D eigenvalue weighted by atomic mass is 32.2. The van der Waals surface area contributed by atoms with Gasteiger partial charge in [-0.1, -0.05) is 17.8 Å². The van der Waals surface area contributed by atoms with Gasteiger partial charge in [-0.05, 0) is 45.0 Å². The molecule has 21 heavy (non-hydrogen) atoms. The molecular formula is C15H18N4OS. The number of aromatic nitrogens is 2. The number of benzene rings is 1. The second-order valence-corrected chi connectivity index (χ2v) is 6.12. The molecule has 1 unspecified atom stereocenters. The van der Waals surface area contributed by atoms with E-state index in [9.17, 15) is 4.79 Å². The summed E-state index contributed by atoms with van der Waals surface area (Å²) in [4.78, 5) is 20.8. The summed E-state index contributed by atoms with van der Waals surface area (Å²) < 4.78 is 0. The van der Waals surface area contributed by atoms with Crippen LogP contribution in [0.2, 0.25) is 0 Å². The number of anilines is 2. The van der Waals surface area contributed by atoms with Crippen LogP contribution in [-0.4, -0.2) is 21.1 Å². The van der Waals surface area contributed by atoms with E-state index in [2.05, 4.69) is 15.3 Å². The maximum atomic E-state index is 12.2. The molecule has 0 aliphatic heterocycles. The maximum absolute atomic E-state index is 12.2. The number of rotatable bonds is 4. The molecule has 0 saturated carbocycles. The summed E-state index contributed by atoms with van der Waals surface area (Å²) >= 11 is 1.34. The normalized spacial score (nSPS) is 12.0. The van der Waals surface area contributed by atoms with Crippen LogP contribution in [0.5, 0.6) is 0 Å². The Balaban J connectivity index is 2.02. The molecule has 110 valence electrons. The fourth-order valence-corrected chi connectivity index (χ4v) is 2.69. The van der Waals surface area contributed by atoms with E-state index < -0.39 is 0 Å². The van der Waals surface area contributed by atoms with Crippen molar-refractivity contribution in [2.75, 3.05) is 11.1 Å². The Morgan fingerprint density at radius 3 is 2.52 bits per heavy atom.